The van der Waals surface area contributed by atoms with E-state index in [9.17, 15) is 0 Å². The third kappa shape index (κ3) is 5.46. The van der Waals surface area contributed by atoms with E-state index in [-0.39, 0.29) is 5.41 Å². The summed E-state index contributed by atoms with van der Waals surface area (Å²) in [4.78, 5) is 13.1. The number of hydrogen-bond acceptors (Lipinski definition) is 3. The largest absolute Gasteiger partial charge is 0.310 e. The van der Waals surface area contributed by atoms with E-state index in [4.69, 9.17) is 9.97 Å². The Morgan fingerprint density at radius 1 is 0.443 bits per heavy atom. The number of fused-ring (bicyclic) bond motifs is 8. The Kier molecular flexibility index (Phi) is 7.85. The first-order valence-corrected chi connectivity index (χ1v) is 21.0. The zero-order chi connectivity index (χ0) is 40.7. The average Bonchev–Trinajstić information content (AvgIpc) is 3.67. The summed E-state index contributed by atoms with van der Waals surface area (Å²) in [6.45, 7) is 4.70. The van der Waals surface area contributed by atoms with Crippen molar-refractivity contribution in [3.05, 3.63) is 217 Å². The molecule has 3 heterocycles. The second-order valence-electron chi connectivity index (χ2n) is 16.6. The highest BCUT2D eigenvalue weighted by atomic mass is 15.2. The van der Waals surface area contributed by atoms with Crippen LogP contribution < -0.4 is 4.90 Å². The fourth-order valence-corrected chi connectivity index (χ4v) is 9.84. The molecule has 4 nitrogen and oxygen atoms in total. The molecule has 9 aromatic carbocycles. The Bertz CT molecular complexity index is 3490. The number of anilines is 3. The number of rotatable bonds is 5. The van der Waals surface area contributed by atoms with Crippen LogP contribution in [-0.2, 0) is 5.41 Å². The van der Waals surface area contributed by atoms with Crippen LogP contribution in [0.1, 0.15) is 25.0 Å². The molecule has 0 aliphatic carbocycles. The van der Waals surface area contributed by atoms with E-state index in [0.717, 1.165) is 50.0 Å². The molecule has 0 unspecified atom stereocenters. The number of hydrogen-bond donors (Lipinski definition) is 0. The zero-order valence-corrected chi connectivity index (χ0v) is 33.9. The van der Waals surface area contributed by atoms with Gasteiger partial charge in [-0.05, 0) is 81.1 Å². The van der Waals surface area contributed by atoms with Crippen LogP contribution in [0, 0.1) is 0 Å². The van der Waals surface area contributed by atoms with Gasteiger partial charge in [-0.15, -0.1) is 0 Å². The van der Waals surface area contributed by atoms with E-state index >= 15 is 0 Å². The lowest BCUT2D eigenvalue weighted by Crippen LogP contribution is -2.30. The summed E-state index contributed by atoms with van der Waals surface area (Å²) in [5, 5.41) is 5.82. The first kappa shape index (κ1) is 35.2. The maximum atomic E-state index is 5.42. The van der Waals surface area contributed by atoms with Crippen molar-refractivity contribution in [1.29, 1.82) is 0 Å². The van der Waals surface area contributed by atoms with Gasteiger partial charge in [0.15, 0.2) is 0 Å². The molecule has 0 bridgehead atoms. The second-order valence-corrected chi connectivity index (χ2v) is 16.6. The van der Waals surface area contributed by atoms with E-state index in [1.807, 2.05) is 6.07 Å². The summed E-state index contributed by atoms with van der Waals surface area (Å²) in [5.41, 5.74) is 15.7. The number of nitrogens with zero attached hydrogens (tertiary/aromatic N) is 4. The smallest absolute Gasteiger partial charge is 0.235 e. The van der Waals surface area contributed by atoms with Crippen LogP contribution in [0.15, 0.2) is 206 Å². The predicted octanol–water partition coefficient (Wildman–Crippen LogP) is 15.0. The van der Waals surface area contributed by atoms with Gasteiger partial charge in [-0.1, -0.05) is 178 Å². The van der Waals surface area contributed by atoms with Crippen LogP contribution in [-0.4, -0.2) is 14.5 Å². The van der Waals surface area contributed by atoms with Crippen LogP contribution in [0.3, 0.4) is 0 Å². The molecule has 2 aromatic heterocycles. The molecule has 1 aliphatic heterocycles. The second kappa shape index (κ2) is 13.6. The maximum absolute atomic E-state index is 5.42. The molecule has 0 radical (unpaired) electrons. The van der Waals surface area contributed by atoms with Crippen molar-refractivity contribution >= 4 is 60.5 Å². The van der Waals surface area contributed by atoms with Gasteiger partial charge in [0.1, 0.15) is 0 Å². The molecule has 4 heteroatoms. The van der Waals surface area contributed by atoms with Gasteiger partial charge in [-0.2, -0.15) is 0 Å². The van der Waals surface area contributed by atoms with Crippen LogP contribution in [0.5, 0.6) is 0 Å². The van der Waals surface area contributed by atoms with Gasteiger partial charge in [0.25, 0.3) is 0 Å². The molecule has 61 heavy (non-hydrogen) atoms. The Morgan fingerprint density at radius 3 is 1.93 bits per heavy atom. The number of aromatic nitrogens is 3. The molecular formula is C57H40N4. The van der Waals surface area contributed by atoms with E-state index in [1.165, 1.54) is 55.2 Å². The van der Waals surface area contributed by atoms with Crippen LogP contribution in [0.2, 0.25) is 0 Å². The fourth-order valence-electron chi connectivity index (χ4n) is 9.84. The molecule has 0 saturated heterocycles. The first-order chi connectivity index (χ1) is 30.0. The molecule has 0 spiro atoms. The lowest BCUT2D eigenvalue weighted by Gasteiger charge is -2.42. The summed E-state index contributed by atoms with van der Waals surface area (Å²) >= 11 is 0. The topological polar surface area (TPSA) is 34.0 Å². The molecule has 0 saturated carbocycles. The van der Waals surface area contributed by atoms with Crippen molar-refractivity contribution in [2.45, 2.75) is 19.3 Å². The molecular weight excluding hydrogens is 741 g/mol. The molecule has 0 amide bonds. The van der Waals surface area contributed by atoms with Gasteiger partial charge >= 0.3 is 0 Å². The fraction of sp³-hybridized carbons (Fsp3) is 0.0526. The molecule has 12 rings (SSSR count). The van der Waals surface area contributed by atoms with Crippen molar-refractivity contribution in [2.75, 3.05) is 4.90 Å². The summed E-state index contributed by atoms with van der Waals surface area (Å²) in [6, 6.07) is 74.2. The van der Waals surface area contributed by atoms with E-state index in [1.54, 1.807) is 0 Å². The van der Waals surface area contributed by atoms with Crippen LogP contribution >= 0.6 is 0 Å². The molecule has 288 valence electrons. The minimum absolute atomic E-state index is 0.189. The van der Waals surface area contributed by atoms with Gasteiger partial charge in [0, 0.05) is 38.4 Å². The number of para-hydroxylation sites is 4. The standard InChI is InChI=1S/C57H40N4/c1-57(2)47-25-12-14-27-50(47)60(42-19-7-4-8-20-42)51-34-33-41(36-48(51)57)37-28-30-39(31-29-37)44-23-15-24-46-53-43-21-10-9-16-38(43)32-35-52(53)61(55(44)46)56-58-49-26-13-11-22-45(49)54(59-56)40-17-5-3-6-18-40/h3-36H,1-2H3. The van der Waals surface area contributed by atoms with Crippen molar-refractivity contribution in [3.63, 3.8) is 0 Å². The molecule has 0 atom stereocenters. The van der Waals surface area contributed by atoms with Gasteiger partial charge < -0.3 is 4.90 Å². The first-order valence-electron chi connectivity index (χ1n) is 21.0. The van der Waals surface area contributed by atoms with Gasteiger partial charge in [0.2, 0.25) is 5.95 Å². The zero-order valence-electron chi connectivity index (χ0n) is 33.9. The Labute approximate surface area is 354 Å². The van der Waals surface area contributed by atoms with E-state index < -0.39 is 0 Å². The van der Waals surface area contributed by atoms with Crippen molar-refractivity contribution in [1.82, 2.24) is 14.5 Å². The number of benzene rings is 9. The minimum atomic E-state index is -0.189. The lowest BCUT2D eigenvalue weighted by molar-refractivity contribution is 0.632. The van der Waals surface area contributed by atoms with Crippen molar-refractivity contribution < 1.29 is 0 Å². The summed E-state index contributed by atoms with van der Waals surface area (Å²) in [7, 11) is 0. The summed E-state index contributed by atoms with van der Waals surface area (Å²) < 4.78 is 2.29. The normalized spacial score (nSPS) is 13.2. The van der Waals surface area contributed by atoms with Crippen LogP contribution in [0.25, 0.3) is 82.9 Å². The quantitative estimate of drug-likeness (QED) is 0.174. The highest BCUT2D eigenvalue weighted by Gasteiger charge is 2.37. The molecule has 0 fully saturated rings. The Morgan fingerprint density at radius 2 is 1.10 bits per heavy atom. The van der Waals surface area contributed by atoms with Crippen LogP contribution in [0.4, 0.5) is 17.1 Å². The minimum Gasteiger partial charge on any atom is -0.310 e. The maximum Gasteiger partial charge on any atom is 0.235 e. The van der Waals surface area contributed by atoms with E-state index in [2.05, 4.69) is 224 Å². The van der Waals surface area contributed by atoms with Gasteiger partial charge in [-0.25, -0.2) is 9.97 Å². The Hall–Kier alpha value is -7.82. The average molecular weight is 781 g/mol. The molecule has 11 aromatic rings. The van der Waals surface area contributed by atoms with E-state index in [0.29, 0.717) is 5.95 Å². The monoisotopic (exact) mass is 780 g/mol. The van der Waals surface area contributed by atoms with Gasteiger partial charge in [-0.3, -0.25) is 4.57 Å². The highest BCUT2D eigenvalue weighted by molar-refractivity contribution is 6.23. The third-order valence-corrected chi connectivity index (χ3v) is 12.8. The summed E-state index contributed by atoms with van der Waals surface area (Å²) in [5.74, 6) is 0.652. The third-order valence-electron chi connectivity index (χ3n) is 12.8. The van der Waals surface area contributed by atoms with Gasteiger partial charge in [0.05, 0.1) is 33.6 Å². The van der Waals surface area contributed by atoms with Crippen molar-refractivity contribution in [3.8, 4) is 39.5 Å². The highest BCUT2D eigenvalue weighted by Crippen LogP contribution is 2.52. The molecule has 1 aliphatic rings. The SMILES string of the molecule is CC1(C)c2ccccc2N(c2ccccc2)c2ccc(-c3ccc(-c4cccc5c6c7ccccc7ccc6n(-c6nc(-c7ccccc7)c7ccccc7n6)c45)cc3)cc21. The summed E-state index contributed by atoms with van der Waals surface area (Å²) in [6.07, 6.45) is 0. The van der Waals surface area contributed by atoms with Crippen molar-refractivity contribution in [2.24, 2.45) is 0 Å². The predicted molar refractivity (Wildman–Crippen MR) is 255 cm³/mol. The lowest BCUT2D eigenvalue weighted by atomic mass is 9.73. The molecule has 0 N–H and O–H groups in total. The Balaban J connectivity index is 1.04.